The molecule has 106 valence electrons. The van der Waals surface area contributed by atoms with E-state index in [1.165, 1.54) is 24.3 Å². The zero-order valence-corrected chi connectivity index (χ0v) is 10.7. The summed E-state index contributed by atoms with van der Waals surface area (Å²) in [6.07, 6.45) is 1.64. The number of amides is 1. The van der Waals surface area contributed by atoms with Crippen molar-refractivity contribution < 1.29 is 18.3 Å². The van der Waals surface area contributed by atoms with Crippen molar-refractivity contribution in [2.75, 3.05) is 6.54 Å². The van der Waals surface area contributed by atoms with Crippen LogP contribution in [0.25, 0.3) is 0 Å². The van der Waals surface area contributed by atoms with Gasteiger partial charge in [-0.3, -0.25) is 4.79 Å². The SMILES string of the molecule is CC(N)CCCNC(=O)c1ccc(OC(F)F)cc1. The van der Waals surface area contributed by atoms with Crippen LogP contribution in [0.4, 0.5) is 8.78 Å². The van der Waals surface area contributed by atoms with E-state index in [-0.39, 0.29) is 17.7 Å². The van der Waals surface area contributed by atoms with E-state index in [0.717, 1.165) is 12.8 Å². The van der Waals surface area contributed by atoms with Crippen molar-refractivity contribution in [3.63, 3.8) is 0 Å². The summed E-state index contributed by atoms with van der Waals surface area (Å²) in [5, 5.41) is 2.73. The molecule has 1 amide bonds. The van der Waals surface area contributed by atoms with Crippen molar-refractivity contribution in [2.24, 2.45) is 5.73 Å². The van der Waals surface area contributed by atoms with Crippen molar-refractivity contribution >= 4 is 5.91 Å². The Labute approximate surface area is 110 Å². The first-order valence-corrected chi connectivity index (χ1v) is 6.07. The van der Waals surface area contributed by atoms with Gasteiger partial charge in [0, 0.05) is 18.2 Å². The summed E-state index contributed by atoms with van der Waals surface area (Å²) in [4.78, 5) is 11.7. The minimum absolute atomic E-state index is 0.0310. The van der Waals surface area contributed by atoms with E-state index < -0.39 is 6.61 Å². The molecule has 0 aliphatic rings. The number of hydrogen-bond donors (Lipinski definition) is 2. The molecule has 1 unspecified atom stereocenters. The van der Waals surface area contributed by atoms with Gasteiger partial charge in [0.25, 0.3) is 5.91 Å². The second-order valence-corrected chi connectivity index (χ2v) is 4.28. The van der Waals surface area contributed by atoms with Crippen LogP contribution in [0.2, 0.25) is 0 Å². The molecule has 0 aromatic heterocycles. The second kappa shape index (κ2) is 7.68. The summed E-state index contributed by atoms with van der Waals surface area (Å²) in [5.74, 6) is -0.211. The highest BCUT2D eigenvalue weighted by atomic mass is 19.3. The zero-order chi connectivity index (χ0) is 14.3. The number of nitrogens with two attached hydrogens (primary N) is 1. The van der Waals surface area contributed by atoms with E-state index in [2.05, 4.69) is 10.1 Å². The number of benzene rings is 1. The molecule has 1 rings (SSSR count). The van der Waals surface area contributed by atoms with Gasteiger partial charge in [-0.25, -0.2) is 0 Å². The molecule has 0 aliphatic carbocycles. The molecule has 6 heteroatoms. The lowest BCUT2D eigenvalue weighted by atomic mass is 10.2. The Morgan fingerprint density at radius 1 is 1.37 bits per heavy atom. The standard InChI is InChI=1S/C13H18F2N2O2/c1-9(16)3-2-8-17-12(18)10-4-6-11(7-5-10)19-13(14)15/h4-7,9,13H,2-3,8,16H2,1H3,(H,17,18). The van der Waals surface area contributed by atoms with E-state index in [4.69, 9.17) is 5.73 Å². The summed E-state index contributed by atoms with van der Waals surface area (Å²) in [6.45, 7) is -0.419. The molecule has 0 radical (unpaired) electrons. The summed E-state index contributed by atoms with van der Waals surface area (Å²) >= 11 is 0. The van der Waals surface area contributed by atoms with Crippen LogP contribution in [-0.2, 0) is 0 Å². The lowest BCUT2D eigenvalue weighted by molar-refractivity contribution is -0.0498. The molecule has 1 aromatic carbocycles. The molecule has 0 saturated carbocycles. The highest BCUT2D eigenvalue weighted by Crippen LogP contribution is 2.14. The third-order valence-corrected chi connectivity index (χ3v) is 2.46. The Morgan fingerprint density at radius 2 is 2.00 bits per heavy atom. The van der Waals surface area contributed by atoms with Crippen LogP contribution in [0, 0.1) is 0 Å². The van der Waals surface area contributed by atoms with Crippen molar-refractivity contribution in [2.45, 2.75) is 32.4 Å². The minimum Gasteiger partial charge on any atom is -0.435 e. The molecule has 0 saturated heterocycles. The molecular formula is C13H18F2N2O2. The largest absolute Gasteiger partial charge is 0.435 e. The number of ether oxygens (including phenoxy) is 1. The fourth-order valence-corrected chi connectivity index (χ4v) is 1.52. The van der Waals surface area contributed by atoms with Gasteiger partial charge in [-0.05, 0) is 44.0 Å². The number of halogens is 2. The quantitative estimate of drug-likeness (QED) is 0.747. The molecule has 19 heavy (non-hydrogen) atoms. The Kier molecular flexibility index (Phi) is 6.21. The third-order valence-electron chi connectivity index (χ3n) is 2.46. The van der Waals surface area contributed by atoms with Gasteiger partial charge in [-0.2, -0.15) is 8.78 Å². The second-order valence-electron chi connectivity index (χ2n) is 4.28. The van der Waals surface area contributed by atoms with Crippen LogP contribution in [-0.4, -0.2) is 25.1 Å². The molecule has 1 atom stereocenters. The van der Waals surface area contributed by atoms with Gasteiger partial charge in [0.15, 0.2) is 0 Å². The summed E-state index contributed by atoms with van der Waals surface area (Å²) < 4.78 is 28.1. The number of rotatable bonds is 7. The molecule has 0 spiro atoms. The van der Waals surface area contributed by atoms with Crippen LogP contribution in [0.5, 0.6) is 5.75 Å². The number of nitrogens with one attached hydrogen (secondary N) is 1. The number of carbonyl (C=O) groups excluding carboxylic acids is 1. The first kappa shape index (κ1) is 15.4. The monoisotopic (exact) mass is 272 g/mol. The first-order chi connectivity index (χ1) is 8.99. The van der Waals surface area contributed by atoms with E-state index >= 15 is 0 Å². The van der Waals surface area contributed by atoms with Gasteiger partial charge in [-0.15, -0.1) is 0 Å². The number of alkyl halides is 2. The van der Waals surface area contributed by atoms with Crippen molar-refractivity contribution in [3.05, 3.63) is 29.8 Å². The number of carbonyl (C=O) groups is 1. The van der Waals surface area contributed by atoms with Gasteiger partial charge in [0.05, 0.1) is 0 Å². The molecule has 0 aliphatic heterocycles. The first-order valence-electron chi connectivity index (χ1n) is 6.07. The van der Waals surface area contributed by atoms with Gasteiger partial charge in [0.2, 0.25) is 0 Å². The average molecular weight is 272 g/mol. The van der Waals surface area contributed by atoms with E-state index in [1.54, 1.807) is 0 Å². The zero-order valence-electron chi connectivity index (χ0n) is 10.7. The maximum absolute atomic E-state index is 11.9. The minimum atomic E-state index is -2.86. The molecule has 0 heterocycles. The summed E-state index contributed by atoms with van der Waals surface area (Å²) in [6, 6.07) is 5.67. The van der Waals surface area contributed by atoms with Crippen LogP contribution in [0.3, 0.4) is 0 Å². The Hall–Kier alpha value is -1.69. The van der Waals surface area contributed by atoms with Crippen LogP contribution >= 0.6 is 0 Å². The number of hydrogen-bond acceptors (Lipinski definition) is 3. The summed E-state index contributed by atoms with van der Waals surface area (Å²) in [7, 11) is 0. The summed E-state index contributed by atoms with van der Waals surface area (Å²) in [5.41, 5.74) is 5.99. The third kappa shape index (κ3) is 6.15. The highest BCUT2D eigenvalue weighted by molar-refractivity contribution is 5.94. The Morgan fingerprint density at radius 3 is 2.53 bits per heavy atom. The lowest BCUT2D eigenvalue weighted by Crippen LogP contribution is -2.26. The van der Waals surface area contributed by atoms with Crippen molar-refractivity contribution in [1.82, 2.24) is 5.32 Å². The fourth-order valence-electron chi connectivity index (χ4n) is 1.52. The maximum Gasteiger partial charge on any atom is 0.387 e. The molecule has 3 N–H and O–H groups in total. The maximum atomic E-state index is 11.9. The Bertz CT molecular complexity index is 394. The normalized spacial score (nSPS) is 12.3. The fraction of sp³-hybridized carbons (Fsp3) is 0.462. The van der Waals surface area contributed by atoms with Crippen molar-refractivity contribution in [3.8, 4) is 5.75 Å². The van der Waals surface area contributed by atoms with E-state index in [9.17, 15) is 13.6 Å². The molecule has 0 fully saturated rings. The van der Waals surface area contributed by atoms with E-state index in [0.29, 0.717) is 12.1 Å². The predicted octanol–water partition coefficient (Wildman–Crippen LogP) is 2.15. The van der Waals surface area contributed by atoms with Crippen LogP contribution < -0.4 is 15.8 Å². The van der Waals surface area contributed by atoms with E-state index in [1.807, 2.05) is 6.92 Å². The molecular weight excluding hydrogens is 254 g/mol. The van der Waals surface area contributed by atoms with Crippen LogP contribution in [0.1, 0.15) is 30.1 Å². The van der Waals surface area contributed by atoms with Crippen molar-refractivity contribution in [1.29, 1.82) is 0 Å². The predicted molar refractivity (Wildman–Crippen MR) is 68.3 cm³/mol. The average Bonchev–Trinajstić information content (AvgIpc) is 2.34. The van der Waals surface area contributed by atoms with Gasteiger partial charge in [-0.1, -0.05) is 0 Å². The Balaban J connectivity index is 2.40. The van der Waals surface area contributed by atoms with Crippen LogP contribution in [0.15, 0.2) is 24.3 Å². The highest BCUT2D eigenvalue weighted by Gasteiger charge is 2.07. The molecule has 1 aromatic rings. The topological polar surface area (TPSA) is 64.3 Å². The van der Waals surface area contributed by atoms with Gasteiger partial charge < -0.3 is 15.8 Å². The van der Waals surface area contributed by atoms with Gasteiger partial charge >= 0.3 is 6.61 Å². The smallest absolute Gasteiger partial charge is 0.387 e. The van der Waals surface area contributed by atoms with Gasteiger partial charge in [0.1, 0.15) is 5.75 Å². The molecule has 4 nitrogen and oxygen atoms in total. The lowest BCUT2D eigenvalue weighted by Gasteiger charge is -2.08. The molecule has 0 bridgehead atoms.